The average molecular weight is 335 g/mol. The minimum absolute atomic E-state index is 0.0746. The molecule has 0 spiro atoms. The van der Waals surface area contributed by atoms with Crippen molar-refractivity contribution < 1.29 is 24.2 Å². The van der Waals surface area contributed by atoms with Crippen LogP contribution >= 0.6 is 11.3 Å². The number of carbonyl (C=O) groups excluding carboxylic acids is 1. The lowest BCUT2D eigenvalue weighted by Gasteiger charge is -2.30. The Morgan fingerprint density at radius 3 is 2.91 bits per heavy atom. The lowest BCUT2D eigenvalue weighted by molar-refractivity contribution is -0.154. The van der Waals surface area contributed by atoms with Crippen molar-refractivity contribution in [2.24, 2.45) is 0 Å². The van der Waals surface area contributed by atoms with Gasteiger partial charge in [0.2, 0.25) is 0 Å². The highest BCUT2D eigenvalue weighted by Crippen LogP contribution is 2.34. The summed E-state index contributed by atoms with van der Waals surface area (Å²) < 4.78 is 11.4. The molecule has 0 radical (unpaired) electrons. The third kappa shape index (κ3) is 2.89. The average Bonchev–Trinajstić information content (AvgIpc) is 2.90. The van der Waals surface area contributed by atoms with E-state index in [4.69, 9.17) is 14.6 Å². The summed E-state index contributed by atoms with van der Waals surface area (Å²) in [6, 6.07) is 5.71. The summed E-state index contributed by atoms with van der Waals surface area (Å²) in [5, 5.41) is 10.0. The van der Waals surface area contributed by atoms with Crippen LogP contribution in [0.5, 0.6) is 5.75 Å². The van der Waals surface area contributed by atoms with Crippen LogP contribution in [0.25, 0.3) is 10.1 Å². The van der Waals surface area contributed by atoms with E-state index in [9.17, 15) is 9.59 Å². The number of carboxylic acids is 1. The number of carbonyl (C=O) groups is 2. The van der Waals surface area contributed by atoms with E-state index in [-0.39, 0.29) is 19.1 Å². The van der Waals surface area contributed by atoms with Gasteiger partial charge in [0.05, 0.1) is 25.1 Å². The van der Waals surface area contributed by atoms with Crippen LogP contribution in [0.2, 0.25) is 0 Å². The maximum atomic E-state index is 12.8. The highest BCUT2D eigenvalue weighted by molar-refractivity contribution is 7.21. The highest BCUT2D eigenvalue weighted by atomic mass is 32.1. The predicted molar refractivity (Wildman–Crippen MR) is 86.4 cm³/mol. The van der Waals surface area contributed by atoms with E-state index in [0.29, 0.717) is 11.4 Å². The Balaban J connectivity index is 1.91. The summed E-state index contributed by atoms with van der Waals surface area (Å²) >= 11 is 1.42. The first-order valence-corrected chi connectivity index (χ1v) is 8.03. The number of fused-ring (bicyclic) bond motifs is 1. The summed E-state index contributed by atoms with van der Waals surface area (Å²) in [6.45, 7) is 2.62. The Labute approximate surface area is 137 Å². The molecule has 6 nitrogen and oxygen atoms in total. The van der Waals surface area contributed by atoms with Crippen molar-refractivity contribution in [2.45, 2.75) is 13.0 Å². The third-order valence-corrected chi connectivity index (χ3v) is 5.23. The number of methoxy groups -OCH3 is 1. The van der Waals surface area contributed by atoms with Gasteiger partial charge < -0.3 is 19.5 Å². The van der Waals surface area contributed by atoms with Gasteiger partial charge >= 0.3 is 5.97 Å². The topological polar surface area (TPSA) is 76.1 Å². The first-order valence-electron chi connectivity index (χ1n) is 7.22. The van der Waals surface area contributed by atoms with Gasteiger partial charge in [-0.1, -0.05) is 0 Å². The standard InChI is InChI=1S/C16H17NO5S/c1-9-11-7-10(21-2)3-4-13(11)23-14(9)15(18)17-5-6-22-12(8-17)16(19)20/h3-4,7,12H,5-6,8H2,1-2H3,(H,19,20). The first-order chi connectivity index (χ1) is 11.0. The van der Waals surface area contributed by atoms with Gasteiger partial charge in [0, 0.05) is 11.2 Å². The van der Waals surface area contributed by atoms with Crippen LogP contribution < -0.4 is 4.74 Å². The van der Waals surface area contributed by atoms with Crippen molar-refractivity contribution in [3.8, 4) is 5.75 Å². The summed E-state index contributed by atoms with van der Waals surface area (Å²) in [6.07, 6.45) is -0.956. The molecule has 0 saturated carbocycles. The molecule has 1 aromatic heterocycles. The number of hydrogen-bond donors (Lipinski definition) is 1. The normalized spacial score (nSPS) is 18.2. The third-order valence-electron chi connectivity index (χ3n) is 3.97. The molecule has 1 amide bonds. The van der Waals surface area contributed by atoms with Crippen molar-refractivity contribution in [1.29, 1.82) is 0 Å². The molecule has 3 rings (SSSR count). The van der Waals surface area contributed by atoms with Gasteiger partial charge in [0.25, 0.3) is 5.91 Å². The monoisotopic (exact) mass is 335 g/mol. The number of thiophene rings is 1. The zero-order valence-corrected chi connectivity index (χ0v) is 13.7. The lowest BCUT2D eigenvalue weighted by Crippen LogP contribution is -2.48. The first kappa shape index (κ1) is 15.8. The van der Waals surface area contributed by atoms with Crippen LogP contribution in [-0.4, -0.2) is 54.8 Å². The number of hydrogen-bond acceptors (Lipinski definition) is 5. The number of benzene rings is 1. The van der Waals surface area contributed by atoms with Crippen molar-refractivity contribution >= 4 is 33.3 Å². The fraction of sp³-hybridized carbons (Fsp3) is 0.375. The number of aryl methyl sites for hydroxylation is 1. The molecule has 1 aromatic carbocycles. The number of amides is 1. The van der Waals surface area contributed by atoms with Crippen LogP contribution in [0.3, 0.4) is 0 Å². The summed E-state index contributed by atoms with van der Waals surface area (Å²) in [4.78, 5) is 26.0. The van der Waals surface area contributed by atoms with Crippen molar-refractivity contribution in [3.63, 3.8) is 0 Å². The van der Waals surface area contributed by atoms with Gasteiger partial charge in [-0.2, -0.15) is 0 Å². The van der Waals surface area contributed by atoms with Crippen molar-refractivity contribution in [1.82, 2.24) is 4.90 Å². The van der Waals surface area contributed by atoms with E-state index >= 15 is 0 Å². The number of aliphatic carboxylic acids is 1. The van der Waals surface area contributed by atoms with E-state index in [1.54, 1.807) is 12.0 Å². The van der Waals surface area contributed by atoms with Gasteiger partial charge in [-0.25, -0.2) is 4.79 Å². The molecule has 1 aliphatic rings. The molecular weight excluding hydrogens is 318 g/mol. The molecule has 1 fully saturated rings. The number of nitrogens with zero attached hydrogens (tertiary/aromatic N) is 1. The molecule has 122 valence electrons. The van der Waals surface area contributed by atoms with Crippen molar-refractivity contribution in [2.75, 3.05) is 26.8 Å². The molecule has 1 saturated heterocycles. The molecule has 7 heteroatoms. The van der Waals surface area contributed by atoms with Gasteiger partial charge in [0.15, 0.2) is 6.10 Å². The molecule has 1 atom stereocenters. The highest BCUT2D eigenvalue weighted by Gasteiger charge is 2.31. The minimum atomic E-state index is -1.04. The van der Waals surface area contributed by atoms with Crippen LogP contribution in [0, 0.1) is 6.92 Å². The largest absolute Gasteiger partial charge is 0.497 e. The van der Waals surface area contributed by atoms with Crippen LogP contribution in [-0.2, 0) is 9.53 Å². The Morgan fingerprint density at radius 1 is 1.43 bits per heavy atom. The molecule has 1 aliphatic heterocycles. The number of rotatable bonds is 3. The summed E-state index contributed by atoms with van der Waals surface area (Å²) in [7, 11) is 1.61. The molecule has 23 heavy (non-hydrogen) atoms. The van der Waals surface area contributed by atoms with Gasteiger partial charge in [-0.3, -0.25) is 4.79 Å². The van der Waals surface area contributed by atoms with E-state index < -0.39 is 12.1 Å². The maximum absolute atomic E-state index is 12.8. The number of morpholine rings is 1. The second-order valence-electron chi connectivity index (χ2n) is 5.37. The van der Waals surface area contributed by atoms with E-state index in [2.05, 4.69) is 0 Å². The van der Waals surface area contributed by atoms with Gasteiger partial charge in [0.1, 0.15) is 5.75 Å². The molecule has 2 heterocycles. The zero-order valence-electron chi connectivity index (χ0n) is 12.9. The Morgan fingerprint density at radius 2 is 2.22 bits per heavy atom. The van der Waals surface area contributed by atoms with Crippen LogP contribution in [0.15, 0.2) is 18.2 Å². The van der Waals surface area contributed by atoms with Crippen molar-refractivity contribution in [3.05, 3.63) is 28.6 Å². The van der Waals surface area contributed by atoms with Gasteiger partial charge in [-0.15, -0.1) is 11.3 Å². The fourth-order valence-corrected chi connectivity index (χ4v) is 3.82. The smallest absolute Gasteiger partial charge is 0.334 e. The Kier molecular flexibility index (Phi) is 4.23. The fourth-order valence-electron chi connectivity index (χ4n) is 2.66. The molecule has 0 bridgehead atoms. The van der Waals surface area contributed by atoms with E-state index in [1.165, 1.54) is 11.3 Å². The quantitative estimate of drug-likeness (QED) is 0.930. The molecule has 1 N–H and O–H groups in total. The summed E-state index contributed by atoms with van der Waals surface area (Å²) in [5.74, 6) is -0.438. The maximum Gasteiger partial charge on any atom is 0.334 e. The minimum Gasteiger partial charge on any atom is -0.497 e. The second-order valence-corrected chi connectivity index (χ2v) is 6.42. The zero-order chi connectivity index (χ0) is 16.6. The summed E-state index contributed by atoms with van der Waals surface area (Å²) in [5.41, 5.74) is 0.896. The van der Waals surface area contributed by atoms with Gasteiger partial charge in [-0.05, 0) is 36.1 Å². The molecule has 0 aliphatic carbocycles. The van der Waals surface area contributed by atoms with Crippen LogP contribution in [0.1, 0.15) is 15.2 Å². The van der Waals surface area contributed by atoms with E-state index in [0.717, 1.165) is 21.4 Å². The van der Waals surface area contributed by atoms with E-state index in [1.807, 2.05) is 25.1 Å². The Hall–Kier alpha value is -2.12. The molecular formula is C16H17NO5S. The number of ether oxygens (including phenoxy) is 2. The molecule has 2 aromatic rings. The second kappa shape index (κ2) is 6.17. The Bertz CT molecular complexity index is 769. The SMILES string of the molecule is COc1ccc2sc(C(=O)N3CCOC(C(=O)O)C3)c(C)c2c1. The number of carboxylic acid groups (broad SMARTS) is 1. The predicted octanol–water partition coefficient (Wildman–Crippen LogP) is 2.14. The lowest BCUT2D eigenvalue weighted by atomic mass is 10.1. The van der Waals surface area contributed by atoms with Crippen LogP contribution in [0.4, 0.5) is 0 Å². The molecule has 1 unspecified atom stereocenters.